The molecular weight excluding hydrogens is 337 g/mol. The first-order valence-electron chi connectivity index (χ1n) is 7.19. The highest BCUT2D eigenvalue weighted by Gasteiger charge is 2.38. The first-order valence-corrected chi connectivity index (χ1v) is 7.19. The number of amides is 2. The number of ether oxygens (including phenoxy) is 1. The molecule has 25 heavy (non-hydrogen) atoms. The smallest absolute Gasteiger partial charge is 0.471 e. The Morgan fingerprint density at radius 1 is 1.08 bits per heavy atom. The van der Waals surface area contributed by atoms with E-state index in [1.54, 1.807) is 35.6 Å². The zero-order valence-electron chi connectivity index (χ0n) is 13.2. The maximum Gasteiger partial charge on any atom is 0.471 e. The van der Waals surface area contributed by atoms with E-state index in [4.69, 9.17) is 4.74 Å². The number of rotatable bonds is 5. The third-order valence-electron chi connectivity index (χ3n) is 3.25. The highest BCUT2D eigenvalue weighted by molar-refractivity contribution is 5.95. The van der Waals surface area contributed by atoms with Gasteiger partial charge < -0.3 is 15.4 Å². The Morgan fingerprint density at radius 3 is 2.36 bits per heavy atom. The Balaban J connectivity index is 1.97. The monoisotopic (exact) mass is 352 g/mol. The molecule has 0 saturated carbocycles. The zero-order valence-corrected chi connectivity index (χ0v) is 13.2. The lowest BCUT2D eigenvalue weighted by atomic mass is 10.1. The highest BCUT2D eigenvalue weighted by Crippen LogP contribution is 2.19. The first-order chi connectivity index (χ1) is 11.8. The first kappa shape index (κ1) is 18.3. The molecule has 2 aromatic rings. The largest absolute Gasteiger partial charge is 0.497 e. The van der Waals surface area contributed by atoms with Crippen molar-refractivity contribution in [1.29, 1.82) is 0 Å². The van der Waals surface area contributed by atoms with Gasteiger partial charge in [0.2, 0.25) is 0 Å². The predicted octanol–water partition coefficient (Wildman–Crippen LogP) is 3.13. The second-order valence-electron chi connectivity index (χ2n) is 5.06. The second-order valence-corrected chi connectivity index (χ2v) is 5.06. The average molecular weight is 352 g/mol. The van der Waals surface area contributed by atoms with Crippen molar-refractivity contribution in [2.75, 3.05) is 12.4 Å². The molecule has 8 heteroatoms. The molecule has 0 aromatic heterocycles. The Morgan fingerprint density at radius 2 is 1.76 bits per heavy atom. The lowest BCUT2D eigenvalue weighted by Gasteiger charge is -2.10. The third kappa shape index (κ3) is 5.23. The molecule has 0 aliphatic rings. The summed E-state index contributed by atoms with van der Waals surface area (Å²) in [6, 6.07) is 12.3. The van der Waals surface area contributed by atoms with Gasteiger partial charge in [-0.25, -0.2) is 0 Å². The van der Waals surface area contributed by atoms with E-state index < -0.39 is 12.1 Å². The van der Waals surface area contributed by atoms with Crippen LogP contribution in [0, 0.1) is 0 Å². The number of carbonyl (C=O) groups excluding carboxylic acids is 2. The molecule has 0 radical (unpaired) electrons. The number of halogens is 3. The fourth-order valence-electron chi connectivity index (χ4n) is 1.99. The Labute approximate surface area is 141 Å². The number of hydrogen-bond acceptors (Lipinski definition) is 3. The van der Waals surface area contributed by atoms with E-state index in [1.807, 2.05) is 0 Å². The fraction of sp³-hybridized carbons (Fsp3) is 0.176. The van der Waals surface area contributed by atoms with Crippen molar-refractivity contribution in [3.8, 4) is 5.75 Å². The normalized spacial score (nSPS) is 10.9. The number of alkyl halides is 3. The summed E-state index contributed by atoms with van der Waals surface area (Å²) < 4.78 is 41.8. The third-order valence-corrected chi connectivity index (χ3v) is 3.25. The summed E-state index contributed by atoms with van der Waals surface area (Å²) in [5.74, 6) is -1.77. The minimum Gasteiger partial charge on any atom is -0.497 e. The lowest BCUT2D eigenvalue weighted by molar-refractivity contribution is -0.167. The molecule has 2 N–H and O–H groups in total. The predicted molar refractivity (Wildman–Crippen MR) is 85.3 cm³/mol. The molecule has 2 amide bonds. The van der Waals surface area contributed by atoms with Gasteiger partial charge in [-0.05, 0) is 42.0 Å². The van der Waals surface area contributed by atoms with Crippen LogP contribution in [0.5, 0.6) is 5.75 Å². The van der Waals surface area contributed by atoms with Gasteiger partial charge in [-0.2, -0.15) is 13.2 Å². The number of hydrogen-bond donors (Lipinski definition) is 2. The number of benzene rings is 2. The van der Waals surface area contributed by atoms with Crippen molar-refractivity contribution in [3.05, 3.63) is 59.7 Å². The standard InChI is InChI=1S/C17H15F3N2O3/c1-25-14-7-5-12(6-8-14)15(23)21-10-11-3-2-4-13(9-11)22-16(24)17(18,19)20/h2-9H,10H2,1H3,(H,21,23)(H,22,24). The Bertz CT molecular complexity index is 758. The maximum atomic E-state index is 12.3. The molecule has 0 bridgehead atoms. The topological polar surface area (TPSA) is 67.4 Å². The van der Waals surface area contributed by atoms with E-state index in [0.717, 1.165) is 0 Å². The van der Waals surface area contributed by atoms with Crippen molar-refractivity contribution < 1.29 is 27.5 Å². The van der Waals surface area contributed by atoms with E-state index in [0.29, 0.717) is 16.9 Å². The maximum absolute atomic E-state index is 12.3. The van der Waals surface area contributed by atoms with Gasteiger partial charge in [0.05, 0.1) is 7.11 Å². The van der Waals surface area contributed by atoms with Crippen LogP contribution < -0.4 is 15.4 Å². The molecule has 0 aliphatic heterocycles. The molecular formula is C17H15F3N2O3. The molecule has 5 nitrogen and oxygen atoms in total. The summed E-state index contributed by atoms with van der Waals surface area (Å²) >= 11 is 0. The van der Waals surface area contributed by atoms with Gasteiger partial charge in [-0.15, -0.1) is 0 Å². The minimum absolute atomic E-state index is 0.00137. The van der Waals surface area contributed by atoms with E-state index in [9.17, 15) is 22.8 Å². The van der Waals surface area contributed by atoms with E-state index in [2.05, 4.69) is 5.32 Å². The summed E-state index contributed by atoms with van der Waals surface area (Å²) in [6.07, 6.45) is -4.96. The summed E-state index contributed by atoms with van der Waals surface area (Å²) in [7, 11) is 1.51. The van der Waals surface area contributed by atoms with Crippen molar-refractivity contribution in [2.45, 2.75) is 12.7 Å². The van der Waals surface area contributed by atoms with Crippen LogP contribution in [0.3, 0.4) is 0 Å². The van der Waals surface area contributed by atoms with Gasteiger partial charge in [0, 0.05) is 17.8 Å². The molecule has 0 atom stereocenters. The summed E-state index contributed by atoms with van der Waals surface area (Å²) in [5, 5.41) is 4.41. The summed E-state index contributed by atoms with van der Waals surface area (Å²) in [5.41, 5.74) is 0.961. The summed E-state index contributed by atoms with van der Waals surface area (Å²) in [4.78, 5) is 23.0. The number of methoxy groups -OCH3 is 1. The highest BCUT2D eigenvalue weighted by atomic mass is 19.4. The molecule has 0 fully saturated rings. The van der Waals surface area contributed by atoms with Gasteiger partial charge in [-0.3, -0.25) is 9.59 Å². The van der Waals surface area contributed by atoms with Gasteiger partial charge in [0.1, 0.15) is 5.75 Å². The molecule has 2 aromatic carbocycles. The van der Waals surface area contributed by atoms with Gasteiger partial charge in [0.25, 0.3) is 5.91 Å². The van der Waals surface area contributed by atoms with Crippen molar-refractivity contribution >= 4 is 17.5 Å². The molecule has 0 saturated heterocycles. The molecule has 0 heterocycles. The Hall–Kier alpha value is -3.03. The number of nitrogens with one attached hydrogen (secondary N) is 2. The van der Waals surface area contributed by atoms with Crippen LogP contribution in [0.4, 0.5) is 18.9 Å². The molecule has 132 valence electrons. The van der Waals surface area contributed by atoms with Crippen LogP contribution in [0.1, 0.15) is 15.9 Å². The SMILES string of the molecule is COc1ccc(C(=O)NCc2cccc(NC(=O)C(F)(F)F)c2)cc1. The quantitative estimate of drug-likeness (QED) is 0.869. The molecule has 0 aliphatic carbocycles. The Kier molecular flexibility index (Phi) is 5.63. The average Bonchev–Trinajstić information content (AvgIpc) is 2.59. The molecule has 0 spiro atoms. The van der Waals surface area contributed by atoms with Crippen LogP contribution in [0.15, 0.2) is 48.5 Å². The van der Waals surface area contributed by atoms with E-state index in [1.165, 1.54) is 25.3 Å². The lowest BCUT2D eigenvalue weighted by Crippen LogP contribution is -2.30. The molecule has 0 unspecified atom stereocenters. The van der Waals surface area contributed by atoms with Gasteiger partial charge >= 0.3 is 12.1 Å². The van der Waals surface area contributed by atoms with Crippen LogP contribution in [0.2, 0.25) is 0 Å². The fourth-order valence-corrected chi connectivity index (χ4v) is 1.99. The van der Waals surface area contributed by atoms with Crippen LogP contribution >= 0.6 is 0 Å². The van der Waals surface area contributed by atoms with Crippen LogP contribution in [0.25, 0.3) is 0 Å². The van der Waals surface area contributed by atoms with Crippen LogP contribution in [-0.4, -0.2) is 25.1 Å². The van der Waals surface area contributed by atoms with Crippen molar-refractivity contribution in [2.24, 2.45) is 0 Å². The van der Waals surface area contributed by atoms with Crippen molar-refractivity contribution in [1.82, 2.24) is 5.32 Å². The number of anilines is 1. The van der Waals surface area contributed by atoms with E-state index >= 15 is 0 Å². The van der Waals surface area contributed by atoms with E-state index in [-0.39, 0.29) is 18.1 Å². The van der Waals surface area contributed by atoms with Gasteiger partial charge in [-0.1, -0.05) is 12.1 Å². The van der Waals surface area contributed by atoms with Gasteiger partial charge in [0.15, 0.2) is 0 Å². The zero-order chi connectivity index (χ0) is 18.4. The molecule has 2 rings (SSSR count). The van der Waals surface area contributed by atoms with Crippen molar-refractivity contribution in [3.63, 3.8) is 0 Å². The minimum atomic E-state index is -4.96. The number of carbonyl (C=O) groups is 2. The second kappa shape index (κ2) is 7.69. The van der Waals surface area contributed by atoms with Crippen LogP contribution in [-0.2, 0) is 11.3 Å². The summed E-state index contributed by atoms with van der Waals surface area (Å²) in [6.45, 7) is 0.0978.